The summed E-state index contributed by atoms with van der Waals surface area (Å²) >= 11 is 0. The largest absolute Gasteiger partial charge is 1.00 e. The predicted octanol–water partition coefficient (Wildman–Crippen LogP) is 0.682. The Morgan fingerprint density at radius 3 is 2.41 bits per heavy atom. The molecule has 0 fully saturated rings. The predicted molar refractivity (Wildman–Crippen MR) is 106 cm³/mol. The molecular weight excluding hydrogens is 390 g/mol. The summed E-state index contributed by atoms with van der Waals surface area (Å²) < 4.78 is 6.75. The molecule has 0 radical (unpaired) electrons. The lowest BCUT2D eigenvalue weighted by atomic mass is 10.1. The lowest BCUT2D eigenvalue weighted by Gasteiger charge is -2.03. The van der Waals surface area contributed by atoms with Gasteiger partial charge >= 0.3 is 11.9 Å². The molecule has 29 heavy (non-hydrogen) atoms. The van der Waals surface area contributed by atoms with Crippen molar-refractivity contribution in [2.75, 3.05) is 7.11 Å². The number of carbonyl (C=O) groups is 2. The molecule has 0 saturated carbocycles. The summed E-state index contributed by atoms with van der Waals surface area (Å²) in [5.74, 6) is -1.30. The number of hydrogen-bond acceptors (Lipinski definition) is 3. The molecule has 5 nitrogen and oxygen atoms in total. The molecule has 1 N–H and O–H groups in total. The second kappa shape index (κ2) is 10.2. The number of carbonyl (C=O) groups excluding carboxylic acids is 1. The monoisotopic (exact) mass is 409 g/mol. The molecular formula is C23H20ClNO4. The molecule has 0 bridgehead atoms. The van der Waals surface area contributed by atoms with E-state index in [1.54, 1.807) is 30.3 Å². The minimum absolute atomic E-state index is 0. The summed E-state index contributed by atoms with van der Waals surface area (Å²) in [5.41, 5.74) is 3.62. The van der Waals surface area contributed by atoms with Gasteiger partial charge in [0, 0.05) is 23.8 Å². The van der Waals surface area contributed by atoms with Crippen LogP contribution in [0.2, 0.25) is 0 Å². The van der Waals surface area contributed by atoms with Crippen LogP contribution in [0.25, 0.3) is 12.2 Å². The minimum atomic E-state index is -0.935. The summed E-state index contributed by atoms with van der Waals surface area (Å²) in [7, 11) is 1.36. The fraction of sp³-hybridized carbons (Fsp3) is 0.0870. The van der Waals surface area contributed by atoms with Crippen molar-refractivity contribution in [3.05, 3.63) is 101 Å². The fourth-order valence-electron chi connectivity index (χ4n) is 2.81. The summed E-state index contributed by atoms with van der Waals surface area (Å²) in [4.78, 5) is 22.7. The zero-order valence-corrected chi connectivity index (χ0v) is 16.5. The SMILES string of the molecule is COC(=O)c1ccc(/C=C/c2cccc[n+]2Cc2cccc(C(=O)O)c2)cc1.[Cl-]. The lowest BCUT2D eigenvalue weighted by Crippen LogP contribution is -3.00. The van der Waals surface area contributed by atoms with Crippen LogP contribution in [0, 0.1) is 0 Å². The average molecular weight is 410 g/mol. The Balaban J connectivity index is 0.00000300. The highest BCUT2D eigenvalue weighted by Crippen LogP contribution is 2.10. The molecule has 0 spiro atoms. The first-order valence-electron chi connectivity index (χ1n) is 8.74. The van der Waals surface area contributed by atoms with Gasteiger partial charge in [-0.05, 0) is 42.0 Å². The Hall–Kier alpha value is -3.44. The number of aromatic carboxylic acids is 1. The maximum absolute atomic E-state index is 11.5. The van der Waals surface area contributed by atoms with Crippen LogP contribution in [0.5, 0.6) is 0 Å². The normalized spacial score (nSPS) is 10.4. The molecule has 0 unspecified atom stereocenters. The highest BCUT2D eigenvalue weighted by Gasteiger charge is 2.10. The number of aromatic nitrogens is 1. The Labute approximate surface area is 175 Å². The summed E-state index contributed by atoms with van der Waals surface area (Å²) in [6.45, 7) is 0.558. The number of carboxylic acid groups (broad SMARTS) is 1. The number of benzene rings is 2. The quantitative estimate of drug-likeness (QED) is 0.480. The number of carboxylic acids is 1. The minimum Gasteiger partial charge on any atom is -1.00 e. The molecule has 0 amide bonds. The molecule has 0 saturated heterocycles. The molecule has 0 aliphatic heterocycles. The molecule has 3 aromatic rings. The molecule has 148 valence electrons. The molecule has 6 heteroatoms. The van der Waals surface area contributed by atoms with Crippen molar-refractivity contribution in [2.24, 2.45) is 0 Å². The number of methoxy groups -OCH3 is 1. The number of halogens is 1. The molecule has 3 rings (SSSR count). The smallest absolute Gasteiger partial charge is 0.337 e. The first-order chi connectivity index (χ1) is 13.6. The first kappa shape index (κ1) is 21.9. The lowest BCUT2D eigenvalue weighted by molar-refractivity contribution is -0.690. The van der Waals surface area contributed by atoms with Crippen molar-refractivity contribution in [1.29, 1.82) is 0 Å². The van der Waals surface area contributed by atoms with E-state index in [0.717, 1.165) is 16.8 Å². The van der Waals surface area contributed by atoms with Gasteiger partial charge in [0.15, 0.2) is 12.7 Å². The van der Waals surface area contributed by atoms with E-state index in [0.29, 0.717) is 12.1 Å². The van der Waals surface area contributed by atoms with Crippen molar-refractivity contribution < 1.29 is 36.4 Å². The topological polar surface area (TPSA) is 67.5 Å². The Morgan fingerprint density at radius 2 is 1.72 bits per heavy atom. The van der Waals surface area contributed by atoms with Gasteiger partial charge in [-0.25, -0.2) is 9.59 Å². The van der Waals surface area contributed by atoms with Crippen LogP contribution in [0.15, 0.2) is 72.9 Å². The van der Waals surface area contributed by atoms with E-state index < -0.39 is 5.97 Å². The molecule has 0 aliphatic carbocycles. The van der Waals surface area contributed by atoms with Crippen molar-refractivity contribution in [3.63, 3.8) is 0 Å². The van der Waals surface area contributed by atoms with Crippen LogP contribution >= 0.6 is 0 Å². The number of esters is 1. The van der Waals surface area contributed by atoms with E-state index in [1.807, 2.05) is 59.3 Å². The third-order valence-corrected chi connectivity index (χ3v) is 4.28. The third kappa shape index (κ3) is 5.77. The van der Waals surface area contributed by atoms with Crippen molar-refractivity contribution in [2.45, 2.75) is 6.54 Å². The molecule has 0 aliphatic rings. The number of nitrogens with zero attached hydrogens (tertiary/aromatic N) is 1. The zero-order chi connectivity index (χ0) is 19.9. The van der Waals surface area contributed by atoms with E-state index in [2.05, 4.69) is 0 Å². The van der Waals surface area contributed by atoms with E-state index in [9.17, 15) is 9.59 Å². The highest BCUT2D eigenvalue weighted by atomic mass is 35.5. The van der Waals surface area contributed by atoms with Crippen molar-refractivity contribution in [1.82, 2.24) is 0 Å². The summed E-state index contributed by atoms with van der Waals surface area (Å²) in [6, 6.07) is 19.9. The van der Waals surface area contributed by atoms with Crippen LogP contribution in [-0.4, -0.2) is 24.2 Å². The Morgan fingerprint density at radius 1 is 0.966 bits per heavy atom. The average Bonchev–Trinajstić information content (AvgIpc) is 2.73. The first-order valence-corrected chi connectivity index (χ1v) is 8.74. The van der Waals surface area contributed by atoms with Gasteiger partial charge in [-0.1, -0.05) is 24.3 Å². The number of hydrogen-bond donors (Lipinski definition) is 1. The molecule has 1 aromatic heterocycles. The van der Waals surface area contributed by atoms with Crippen molar-refractivity contribution in [3.8, 4) is 0 Å². The van der Waals surface area contributed by atoms with Gasteiger partial charge in [0.05, 0.1) is 18.2 Å². The summed E-state index contributed by atoms with van der Waals surface area (Å²) in [6.07, 6.45) is 5.89. The molecule has 2 aromatic carbocycles. The van der Waals surface area contributed by atoms with Gasteiger partial charge in [-0.2, -0.15) is 4.57 Å². The van der Waals surface area contributed by atoms with Gasteiger partial charge < -0.3 is 22.3 Å². The number of ether oxygens (including phenoxy) is 1. The number of rotatable bonds is 6. The van der Waals surface area contributed by atoms with E-state index in [-0.39, 0.29) is 23.9 Å². The van der Waals surface area contributed by atoms with Crippen LogP contribution in [0.1, 0.15) is 37.5 Å². The van der Waals surface area contributed by atoms with E-state index in [4.69, 9.17) is 9.84 Å². The maximum atomic E-state index is 11.5. The summed E-state index contributed by atoms with van der Waals surface area (Å²) in [5, 5.41) is 9.16. The van der Waals surface area contributed by atoms with Crippen LogP contribution in [-0.2, 0) is 11.3 Å². The van der Waals surface area contributed by atoms with Crippen LogP contribution in [0.3, 0.4) is 0 Å². The molecule has 1 heterocycles. The number of pyridine rings is 1. The van der Waals surface area contributed by atoms with Gasteiger partial charge in [-0.3, -0.25) is 0 Å². The van der Waals surface area contributed by atoms with Gasteiger partial charge in [-0.15, -0.1) is 0 Å². The second-order valence-electron chi connectivity index (χ2n) is 6.21. The Kier molecular flexibility index (Phi) is 7.69. The van der Waals surface area contributed by atoms with Gasteiger partial charge in [0.2, 0.25) is 5.69 Å². The van der Waals surface area contributed by atoms with Gasteiger partial charge in [0.1, 0.15) is 0 Å². The van der Waals surface area contributed by atoms with Crippen molar-refractivity contribution >= 4 is 24.1 Å². The van der Waals surface area contributed by atoms with Gasteiger partial charge in [0.25, 0.3) is 0 Å². The standard InChI is InChI=1S/C23H19NO4.ClH/c1-28-23(27)19-11-8-17(9-12-19)10-13-21-7-2-3-14-24(21)16-18-5-4-6-20(15-18)22(25)26;/h2-15H,16H2,1H3;1H/b13-10+;. The second-order valence-corrected chi connectivity index (χ2v) is 6.21. The third-order valence-electron chi connectivity index (χ3n) is 4.28. The van der Waals surface area contributed by atoms with E-state index >= 15 is 0 Å². The molecule has 0 atom stereocenters. The maximum Gasteiger partial charge on any atom is 0.337 e. The van der Waals surface area contributed by atoms with E-state index in [1.165, 1.54) is 7.11 Å². The van der Waals surface area contributed by atoms with Crippen LogP contribution < -0.4 is 17.0 Å². The Bertz CT molecular complexity index is 1030. The highest BCUT2D eigenvalue weighted by molar-refractivity contribution is 5.89. The zero-order valence-electron chi connectivity index (χ0n) is 15.8. The van der Waals surface area contributed by atoms with Crippen LogP contribution in [0.4, 0.5) is 0 Å². The fourth-order valence-corrected chi connectivity index (χ4v) is 2.81.